The monoisotopic (exact) mass is 269 g/mol. The van der Waals surface area contributed by atoms with Crippen molar-refractivity contribution in [1.82, 2.24) is 10.2 Å². The predicted molar refractivity (Wildman–Crippen MR) is 68.0 cm³/mol. The minimum Gasteiger partial charge on any atom is -0.461 e. The molecule has 90 valence electrons. The summed E-state index contributed by atoms with van der Waals surface area (Å²) in [6, 6.07) is 3.36. The van der Waals surface area contributed by atoms with Gasteiger partial charge in [-0.15, -0.1) is 10.2 Å². The highest BCUT2D eigenvalue weighted by Crippen LogP contribution is 2.27. The number of aromatic nitrogens is 2. The van der Waals surface area contributed by atoms with Gasteiger partial charge in [-0.05, 0) is 12.1 Å². The Morgan fingerprint density at radius 2 is 2.35 bits per heavy atom. The Kier molecular flexibility index (Phi) is 3.80. The molecule has 0 saturated heterocycles. The van der Waals surface area contributed by atoms with Gasteiger partial charge in [-0.25, -0.2) is 0 Å². The number of carbonyl (C=O) groups excluding carboxylic acids is 1. The third-order valence-electron chi connectivity index (χ3n) is 1.90. The Hall–Kier alpha value is -1.34. The fourth-order valence-electron chi connectivity index (χ4n) is 1.08. The van der Waals surface area contributed by atoms with Gasteiger partial charge >= 0.3 is 0 Å². The van der Waals surface area contributed by atoms with Crippen molar-refractivity contribution in [2.45, 2.75) is 4.34 Å². The van der Waals surface area contributed by atoms with Crippen LogP contribution in [-0.4, -0.2) is 35.8 Å². The molecule has 0 radical (unpaired) electrons. The molecule has 0 N–H and O–H groups in total. The second kappa shape index (κ2) is 5.33. The lowest BCUT2D eigenvalue weighted by Crippen LogP contribution is -2.07. The topological polar surface area (TPSA) is 59.2 Å². The zero-order valence-corrected chi connectivity index (χ0v) is 11.0. The van der Waals surface area contributed by atoms with Crippen LogP contribution in [0, 0.1) is 0 Å². The summed E-state index contributed by atoms with van der Waals surface area (Å²) in [5, 5.41) is 8.82. The third kappa shape index (κ3) is 3.07. The normalized spacial score (nSPS) is 10.5. The van der Waals surface area contributed by atoms with Crippen molar-refractivity contribution in [1.29, 1.82) is 0 Å². The van der Waals surface area contributed by atoms with Crippen LogP contribution in [0.2, 0.25) is 0 Å². The lowest BCUT2D eigenvalue weighted by molar-refractivity contribution is 0.0992. The standard InChI is InChI=1S/C10H11N3O2S2/c1-13(2)9-11-12-10(17-9)16-6-7(14)8-4-3-5-15-8/h3-5H,6H2,1-2H3. The Bertz CT molecular complexity index is 493. The van der Waals surface area contributed by atoms with Crippen LogP contribution in [0.1, 0.15) is 10.6 Å². The van der Waals surface area contributed by atoms with Gasteiger partial charge in [-0.2, -0.15) is 0 Å². The molecular formula is C10H11N3O2S2. The number of carbonyl (C=O) groups is 1. The molecule has 0 amide bonds. The van der Waals surface area contributed by atoms with Gasteiger partial charge in [-0.1, -0.05) is 23.1 Å². The van der Waals surface area contributed by atoms with E-state index in [1.54, 1.807) is 12.1 Å². The molecule has 0 spiro atoms. The quantitative estimate of drug-likeness (QED) is 0.612. The highest BCUT2D eigenvalue weighted by molar-refractivity contribution is 8.01. The van der Waals surface area contributed by atoms with E-state index in [1.807, 2.05) is 19.0 Å². The first kappa shape index (κ1) is 12.1. The van der Waals surface area contributed by atoms with Gasteiger partial charge in [0.05, 0.1) is 12.0 Å². The van der Waals surface area contributed by atoms with Gasteiger partial charge in [0.15, 0.2) is 10.1 Å². The van der Waals surface area contributed by atoms with Crippen LogP contribution in [0.4, 0.5) is 5.13 Å². The molecule has 2 rings (SSSR count). The van der Waals surface area contributed by atoms with Crippen molar-refractivity contribution < 1.29 is 9.21 Å². The van der Waals surface area contributed by atoms with Crippen LogP contribution < -0.4 is 4.90 Å². The number of nitrogens with zero attached hydrogens (tertiary/aromatic N) is 3. The molecule has 0 bridgehead atoms. The summed E-state index contributed by atoms with van der Waals surface area (Å²) in [6.07, 6.45) is 1.49. The van der Waals surface area contributed by atoms with Gasteiger partial charge in [0.25, 0.3) is 0 Å². The van der Waals surface area contributed by atoms with Crippen molar-refractivity contribution in [2.24, 2.45) is 0 Å². The largest absolute Gasteiger partial charge is 0.461 e. The van der Waals surface area contributed by atoms with Crippen molar-refractivity contribution in [3.63, 3.8) is 0 Å². The molecule has 0 saturated carbocycles. The maximum absolute atomic E-state index is 11.7. The van der Waals surface area contributed by atoms with Crippen LogP contribution in [0.25, 0.3) is 0 Å². The molecule has 0 aliphatic heterocycles. The van der Waals surface area contributed by atoms with Crippen molar-refractivity contribution in [3.05, 3.63) is 24.2 Å². The molecule has 5 nitrogen and oxygen atoms in total. The summed E-state index contributed by atoms with van der Waals surface area (Å²) in [7, 11) is 3.81. The molecule has 0 aliphatic carbocycles. The van der Waals surface area contributed by atoms with E-state index in [-0.39, 0.29) is 5.78 Å². The molecule has 2 aromatic heterocycles. The van der Waals surface area contributed by atoms with E-state index >= 15 is 0 Å². The van der Waals surface area contributed by atoms with E-state index in [9.17, 15) is 4.79 Å². The van der Waals surface area contributed by atoms with Gasteiger partial charge in [0, 0.05) is 14.1 Å². The first-order chi connectivity index (χ1) is 8.16. The second-order valence-electron chi connectivity index (χ2n) is 3.43. The molecule has 0 unspecified atom stereocenters. The Balaban J connectivity index is 1.91. The number of hydrogen-bond donors (Lipinski definition) is 0. The lowest BCUT2D eigenvalue weighted by atomic mass is 10.3. The SMILES string of the molecule is CN(C)c1nnc(SCC(=O)c2ccco2)s1. The van der Waals surface area contributed by atoms with Gasteiger partial charge < -0.3 is 9.32 Å². The molecule has 2 heterocycles. The van der Waals surface area contributed by atoms with Crippen molar-refractivity contribution in [2.75, 3.05) is 24.7 Å². The molecule has 17 heavy (non-hydrogen) atoms. The van der Waals surface area contributed by atoms with Crippen LogP contribution in [-0.2, 0) is 0 Å². The maximum atomic E-state index is 11.7. The number of ketones is 1. The number of thioether (sulfide) groups is 1. The van der Waals surface area contributed by atoms with E-state index < -0.39 is 0 Å². The highest BCUT2D eigenvalue weighted by Gasteiger charge is 2.12. The summed E-state index contributed by atoms with van der Waals surface area (Å²) in [6.45, 7) is 0. The number of rotatable bonds is 5. The average molecular weight is 269 g/mol. The fourth-order valence-corrected chi connectivity index (χ4v) is 2.71. The molecule has 0 aromatic carbocycles. The zero-order chi connectivity index (χ0) is 12.3. The minimum absolute atomic E-state index is 0.0402. The van der Waals surface area contributed by atoms with Gasteiger partial charge in [-0.3, -0.25) is 4.79 Å². The number of Topliss-reactive ketones (excluding diaryl/α,β-unsaturated/α-hetero) is 1. The number of furan rings is 1. The minimum atomic E-state index is -0.0402. The van der Waals surface area contributed by atoms with Gasteiger partial charge in [0.2, 0.25) is 10.9 Å². The van der Waals surface area contributed by atoms with Crippen LogP contribution in [0.15, 0.2) is 27.2 Å². The number of anilines is 1. The summed E-state index contributed by atoms with van der Waals surface area (Å²) in [5.41, 5.74) is 0. The van der Waals surface area contributed by atoms with E-state index in [1.165, 1.54) is 29.4 Å². The van der Waals surface area contributed by atoms with E-state index in [0.29, 0.717) is 11.5 Å². The van der Waals surface area contributed by atoms with E-state index in [4.69, 9.17) is 4.42 Å². The summed E-state index contributed by atoms with van der Waals surface area (Å²) >= 11 is 2.84. The van der Waals surface area contributed by atoms with Crippen molar-refractivity contribution >= 4 is 34.0 Å². The Morgan fingerprint density at radius 1 is 1.53 bits per heavy atom. The Morgan fingerprint density at radius 3 is 2.94 bits per heavy atom. The second-order valence-corrected chi connectivity index (χ2v) is 5.61. The predicted octanol–water partition coefficient (Wildman–Crippen LogP) is 2.17. The molecule has 0 atom stereocenters. The first-order valence-corrected chi connectivity index (χ1v) is 6.67. The van der Waals surface area contributed by atoms with Crippen LogP contribution in [0.3, 0.4) is 0 Å². The summed E-state index contributed by atoms with van der Waals surface area (Å²) in [4.78, 5) is 13.5. The van der Waals surface area contributed by atoms with Gasteiger partial charge in [0.1, 0.15) is 0 Å². The fraction of sp³-hybridized carbons (Fsp3) is 0.300. The maximum Gasteiger partial charge on any atom is 0.208 e. The number of hydrogen-bond acceptors (Lipinski definition) is 7. The zero-order valence-electron chi connectivity index (χ0n) is 9.41. The molecular weight excluding hydrogens is 258 g/mol. The molecule has 0 aliphatic rings. The molecule has 7 heteroatoms. The molecule has 0 fully saturated rings. The van der Waals surface area contributed by atoms with E-state index in [2.05, 4.69) is 10.2 Å². The lowest BCUT2D eigenvalue weighted by Gasteiger charge is -2.03. The summed E-state index contributed by atoms with van der Waals surface area (Å²) < 4.78 is 5.81. The van der Waals surface area contributed by atoms with Crippen molar-refractivity contribution in [3.8, 4) is 0 Å². The average Bonchev–Trinajstić information content (AvgIpc) is 2.97. The van der Waals surface area contributed by atoms with Crippen LogP contribution in [0.5, 0.6) is 0 Å². The highest BCUT2D eigenvalue weighted by atomic mass is 32.2. The third-order valence-corrected chi connectivity index (χ3v) is 4.13. The Labute approximate surface area is 107 Å². The van der Waals surface area contributed by atoms with Crippen LogP contribution >= 0.6 is 23.1 Å². The van der Waals surface area contributed by atoms with E-state index in [0.717, 1.165) is 9.47 Å². The summed E-state index contributed by atoms with van der Waals surface area (Å²) in [5.74, 6) is 0.659. The smallest absolute Gasteiger partial charge is 0.208 e. The first-order valence-electron chi connectivity index (χ1n) is 4.87. The molecule has 2 aromatic rings.